The zero-order valence-corrected chi connectivity index (χ0v) is 28.0. The van der Waals surface area contributed by atoms with Crippen molar-refractivity contribution in [1.82, 2.24) is 10.2 Å². The van der Waals surface area contributed by atoms with Gasteiger partial charge < -0.3 is 24.4 Å². The third-order valence-corrected chi connectivity index (χ3v) is 9.31. The molecule has 0 aliphatic carbocycles. The first-order valence-electron chi connectivity index (χ1n) is 14.9. The lowest BCUT2D eigenvalue weighted by Crippen LogP contribution is -2.52. The van der Waals surface area contributed by atoms with Gasteiger partial charge in [-0.05, 0) is 67.8 Å². The molecule has 0 radical (unpaired) electrons. The molecular formula is C33H42ClN3O7S. The number of nitrogens with one attached hydrogen (secondary N) is 1. The summed E-state index contributed by atoms with van der Waals surface area (Å²) >= 11 is 6.47. The van der Waals surface area contributed by atoms with E-state index in [2.05, 4.69) is 5.32 Å². The van der Waals surface area contributed by atoms with Crippen molar-refractivity contribution < 1.29 is 32.2 Å². The Bertz CT molecular complexity index is 1530. The van der Waals surface area contributed by atoms with Crippen LogP contribution in [0.2, 0.25) is 5.02 Å². The van der Waals surface area contributed by atoms with E-state index >= 15 is 0 Å². The Morgan fingerprint density at radius 3 is 2.22 bits per heavy atom. The number of methoxy groups -OCH3 is 2. The third-order valence-electron chi connectivity index (χ3n) is 7.17. The molecule has 1 N–H and O–H groups in total. The minimum Gasteiger partial charge on any atom is -0.494 e. The number of anilines is 1. The molecule has 12 heteroatoms. The smallest absolute Gasteiger partial charge is 0.264 e. The van der Waals surface area contributed by atoms with Crippen molar-refractivity contribution in [2.24, 2.45) is 0 Å². The SMILES string of the molecule is CCCCNC(=O)[C@@H](CC)N(Cc1ccccc1Cl)C(=O)CN(c1ccc(OCC)cc1)S(=O)(=O)c1ccc(OC)c(OC)c1. The van der Waals surface area contributed by atoms with Gasteiger partial charge in [0.1, 0.15) is 18.3 Å². The van der Waals surface area contributed by atoms with Crippen LogP contribution in [0.4, 0.5) is 5.69 Å². The van der Waals surface area contributed by atoms with Crippen LogP contribution in [-0.4, -0.2) is 65.1 Å². The first kappa shape index (κ1) is 35.5. The van der Waals surface area contributed by atoms with E-state index in [0.717, 1.165) is 17.1 Å². The number of carbonyl (C=O) groups is 2. The predicted molar refractivity (Wildman–Crippen MR) is 176 cm³/mol. The van der Waals surface area contributed by atoms with Crippen LogP contribution >= 0.6 is 11.6 Å². The van der Waals surface area contributed by atoms with E-state index in [-0.39, 0.29) is 28.8 Å². The molecule has 3 aromatic rings. The van der Waals surface area contributed by atoms with Crippen LogP contribution in [0.3, 0.4) is 0 Å². The number of rotatable bonds is 17. The Kier molecular flexibility index (Phi) is 13.4. The van der Waals surface area contributed by atoms with Gasteiger partial charge in [0, 0.05) is 24.2 Å². The Balaban J connectivity index is 2.10. The highest BCUT2D eigenvalue weighted by Gasteiger charge is 2.34. The van der Waals surface area contributed by atoms with Crippen LogP contribution in [0.1, 0.15) is 45.6 Å². The molecule has 45 heavy (non-hydrogen) atoms. The van der Waals surface area contributed by atoms with Crippen LogP contribution in [0.5, 0.6) is 17.2 Å². The van der Waals surface area contributed by atoms with E-state index in [1.54, 1.807) is 48.5 Å². The van der Waals surface area contributed by atoms with Gasteiger partial charge in [-0.1, -0.05) is 50.1 Å². The summed E-state index contributed by atoms with van der Waals surface area (Å²) in [5.41, 5.74) is 0.863. The van der Waals surface area contributed by atoms with Crippen LogP contribution in [0.25, 0.3) is 0 Å². The van der Waals surface area contributed by atoms with E-state index < -0.39 is 28.5 Å². The average molecular weight is 660 g/mol. The Morgan fingerprint density at radius 1 is 0.933 bits per heavy atom. The van der Waals surface area contributed by atoms with Crippen LogP contribution in [0, 0.1) is 0 Å². The highest BCUT2D eigenvalue weighted by molar-refractivity contribution is 7.92. The maximum atomic E-state index is 14.3. The number of ether oxygens (including phenoxy) is 3. The first-order chi connectivity index (χ1) is 21.6. The zero-order valence-electron chi connectivity index (χ0n) is 26.4. The minimum atomic E-state index is -4.33. The monoisotopic (exact) mass is 659 g/mol. The standard InChI is InChI=1S/C33H42ClN3O7S/c1-6-9-20-35-33(39)29(7-2)36(22-24-12-10-11-13-28(24)34)32(38)23-37(25-14-16-26(17-15-25)44-8-3)45(40,41)27-18-19-30(42-4)31(21-27)43-5/h10-19,21,29H,6-9,20,22-23H2,1-5H3,(H,35,39)/t29-/m1/s1. The van der Waals surface area contributed by atoms with Crippen molar-refractivity contribution >= 4 is 39.1 Å². The normalized spacial score (nSPS) is 11.8. The van der Waals surface area contributed by atoms with E-state index in [0.29, 0.717) is 41.7 Å². The predicted octanol–water partition coefficient (Wildman–Crippen LogP) is 5.67. The van der Waals surface area contributed by atoms with Gasteiger partial charge in [-0.2, -0.15) is 0 Å². The first-order valence-corrected chi connectivity index (χ1v) is 16.7. The summed E-state index contributed by atoms with van der Waals surface area (Å²) in [5.74, 6) is 0.218. The number of carbonyl (C=O) groups excluding carboxylic acids is 2. The van der Waals surface area contributed by atoms with Gasteiger partial charge in [-0.15, -0.1) is 0 Å². The molecule has 10 nitrogen and oxygen atoms in total. The van der Waals surface area contributed by atoms with Crippen molar-refractivity contribution in [1.29, 1.82) is 0 Å². The molecule has 0 heterocycles. The quantitative estimate of drug-likeness (QED) is 0.186. The Hall–Kier alpha value is -3.96. The van der Waals surface area contributed by atoms with Gasteiger partial charge >= 0.3 is 0 Å². The molecule has 0 fully saturated rings. The fraction of sp³-hybridized carbons (Fsp3) is 0.394. The zero-order chi connectivity index (χ0) is 33.0. The number of benzene rings is 3. The van der Waals surface area contributed by atoms with Crippen molar-refractivity contribution in [3.05, 3.63) is 77.3 Å². The summed E-state index contributed by atoms with van der Waals surface area (Å²) in [6, 6.07) is 16.8. The average Bonchev–Trinajstić information content (AvgIpc) is 3.04. The number of unbranched alkanes of at least 4 members (excludes halogenated alkanes) is 1. The summed E-state index contributed by atoms with van der Waals surface area (Å²) in [4.78, 5) is 28.9. The molecule has 0 bridgehead atoms. The van der Waals surface area contributed by atoms with Crippen molar-refractivity contribution in [2.75, 3.05) is 38.2 Å². The molecule has 3 rings (SSSR count). The molecule has 0 unspecified atom stereocenters. The number of amides is 2. The lowest BCUT2D eigenvalue weighted by molar-refractivity contribution is -0.140. The highest BCUT2D eigenvalue weighted by atomic mass is 35.5. The van der Waals surface area contributed by atoms with Gasteiger partial charge in [0.2, 0.25) is 11.8 Å². The van der Waals surface area contributed by atoms with Gasteiger partial charge in [0.25, 0.3) is 10.0 Å². The minimum absolute atomic E-state index is 0.00569. The maximum absolute atomic E-state index is 14.3. The number of halogens is 1. The van der Waals surface area contributed by atoms with Gasteiger partial charge in [-0.25, -0.2) is 8.42 Å². The second-order valence-corrected chi connectivity index (χ2v) is 12.4. The van der Waals surface area contributed by atoms with E-state index in [9.17, 15) is 18.0 Å². The van der Waals surface area contributed by atoms with Crippen molar-refractivity contribution in [3.8, 4) is 17.2 Å². The lowest BCUT2D eigenvalue weighted by Gasteiger charge is -2.33. The van der Waals surface area contributed by atoms with Gasteiger partial charge in [0.15, 0.2) is 11.5 Å². The summed E-state index contributed by atoms with van der Waals surface area (Å²) in [7, 11) is -1.47. The van der Waals surface area contributed by atoms with Crippen LogP contribution in [-0.2, 0) is 26.2 Å². The third kappa shape index (κ3) is 9.04. The summed E-state index contributed by atoms with van der Waals surface area (Å²) < 4.78 is 45.7. The topological polar surface area (TPSA) is 114 Å². The van der Waals surface area contributed by atoms with E-state index in [1.165, 1.54) is 37.3 Å². The Morgan fingerprint density at radius 2 is 1.62 bits per heavy atom. The molecule has 0 aromatic heterocycles. The van der Waals surface area contributed by atoms with Crippen molar-refractivity contribution in [2.45, 2.75) is 57.5 Å². The summed E-state index contributed by atoms with van der Waals surface area (Å²) in [5, 5.41) is 3.34. The fourth-order valence-corrected chi connectivity index (χ4v) is 6.37. The number of hydrogen-bond acceptors (Lipinski definition) is 7. The van der Waals surface area contributed by atoms with Gasteiger partial charge in [-0.3, -0.25) is 13.9 Å². The molecule has 1 atom stereocenters. The van der Waals surface area contributed by atoms with Gasteiger partial charge in [0.05, 0.1) is 31.4 Å². The molecule has 2 amide bonds. The fourth-order valence-electron chi connectivity index (χ4n) is 4.74. The Labute approximate surface area is 271 Å². The van der Waals surface area contributed by atoms with E-state index in [4.69, 9.17) is 25.8 Å². The molecular weight excluding hydrogens is 618 g/mol. The van der Waals surface area contributed by atoms with Crippen LogP contribution in [0.15, 0.2) is 71.6 Å². The molecule has 3 aromatic carbocycles. The second-order valence-electron chi connectivity index (χ2n) is 10.1. The molecule has 0 aliphatic heterocycles. The summed E-state index contributed by atoms with van der Waals surface area (Å²) in [6.45, 7) is 5.98. The highest BCUT2D eigenvalue weighted by Crippen LogP contribution is 2.33. The number of sulfonamides is 1. The van der Waals surface area contributed by atoms with E-state index in [1.807, 2.05) is 20.8 Å². The maximum Gasteiger partial charge on any atom is 0.264 e. The second kappa shape index (κ2) is 16.9. The number of nitrogens with zero attached hydrogens (tertiary/aromatic N) is 2. The molecule has 0 saturated heterocycles. The molecule has 244 valence electrons. The molecule has 0 spiro atoms. The molecule has 0 aliphatic rings. The van der Waals surface area contributed by atoms with Crippen molar-refractivity contribution in [3.63, 3.8) is 0 Å². The number of hydrogen-bond donors (Lipinski definition) is 1. The van der Waals surface area contributed by atoms with Crippen LogP contribution < -0.4 is 23.8 Å². The lowest BCUT2D eigenvalue weighted by atomic mass is 10.1. The molecule has 0 saturated carbocycles. The summed E-state index contributed by atoms with van der Waals surface area (Å²) in [6.07, 6.45) is 1.99. The largest absolute Gasteiger partial charge is 0.494 e.